The van der Waals surface area contributed by atoms with Crippen molar-refractivity contribution < 1.29 is 19.1 Å². The van der Waals surface area contributed by atoms with Crippen molar-refractivity contribution in [1.82, 2.24) is 5.43 Å². The summed E-state index contributed by atoms with van der Waals surface area (Å²) >= 11 is 0. The molecule has 0 heterocycles. The summed E-state index contributed by atoms with van der Waals surface area (Å²) in [4.78, 5) is 23.2. The second-order valence-electron chi connectivity index (χ2n) is 5.92. The molecule has 7 heteroatoms. The average molecular weight is 377 g/mol. The Kier molecular flexibility index (Phi) is 5.86. The molecule has 3 N–H and O–H groups in total. The Hall–Kier alpha value is -3.87. The summed E-state index contributed by atoms with van der Waals surface area (Å²) in [5.41, 5.74) is 8.67. The van der Waals surface area contributed by atoms with Crippen LogP contribution in [0.2, 0.25) is 0 Å². The Balaban J connectivity index is 1.68. The maximum Gasteiger partial charge on any atom is 0.275 e. The smallest absolute Gasteiger partial charge is 0.275 e. The summed E-state index contributed by atoms with van der Waals surface area (Å²) in [6, 6.07) is 18.1. The molecule has 0 bridgehead atoms. The van der Waals surface area contributed by atoms with Gasteiger partial charge >= 0.3 is 0 Å². The van der Waals surface area contributed by atoms with Gasteiger partial charge in [-0.1, -0.05) is 24.3 Å². The van der Waals surface area contributed by atoms with Crippen LogP contribution in [-0.4, -0.2) is 31.7 Å². The second kappa shape index (κ2) is 8.68. The van der Waals surface area contributed by atoms with E-state index in [4.69, 9.17) is 15.2 Å². The highest BCUT2D eigenvalue weighted by atomic mass is 16.5. The highest BCUT2D eigenvalue weighted by Crippen LogP contribution is 2.25. The van der Waals surface area contributed by atoms with E-state index >= 15 is 0 Å². The van der Waals surface area contributed by atoms with E-state index in [1.165, 1.54) is 13.3 Å². The standard InChI is InChI=1S/C21H19N3O4/c1-27-19-11-16-5-3-2-4-15(16)10-18(19)21(26)24-23-12-14-6-8-17(9-7-14)28-13-20(22)25/h2-12H,13H2,1H3,(H2,22,25)(H,24,26)/b23-12-. The maximum atomic E-state index is 12.5. The van der Waals surface area contributed by atoms with E-state index in [-0.39, 0.29) is 12.5 Å². The molecule has 3 aromatic carbocycles. The monoisotopic (exact) mass is 377 g/mol. The molecule has 0 spiro atoms. The largest absolute Gasteiger partial charge is 0.496 e. The normalized spacial score (nSPS) is 10.8. The van der Waals surface area contributed by atoms with Crippen molar-refractivity contribution in [3.05, 3.63) is 71.8 Å². The highest BCUT2D eigenvalue weighted by molar-refractivity contribution is 6.01. The molecule has 28 heavy (non-hydrogen) atoms. The fourth-order valence-electron chi connectivity index (χ4n) is 2.60. The van der Waals surface area contributed by atoms with Gasteiger partial charge in [-0.2, -0.15) is 5.10 Å². The maximum absolute atomic E-state index is 12.5. The van der Waals surface area contributed by atoms with Gasteiger partial charge in [0.15, 0.2) is 6.61 Å². The minimum Gasteiger partial charge on any atom is -0.496 e. The summed E-state index contributed by atoms with van der Waals surface area (Å²) in [6.45, 7) is -0.183. The lowest BCUT2D eigenvalue weighted by Crippen LogP contribution is -2.20. The van der Waals surface area contributed by atoms with Crippen LogP contribution in [0.25, 0.3) is 10.8 Å². The number of methoxy groups -OCH3 is 1. The second-order valence-corrected chi connectivity index (χ2v) is 5.92. The molecule has 142 valence electrons. The topological polar surface area (TPSA) is 103 Å². The zero-order chi connectivity index (χ0) is 19.9. The van der Waals surface area contributed by atoms with Crippen molar-refractivity contribution in [2.24, 2.45) is 10.8 Å². The third kappa shape index (κ3) is 4.64. The van der Waals surface area contributed by atoms with Gasteiger partial charge in [-0.15, -0.1) is 0 Å². The molecule has 2 amide bonds. The fourth-order valence-corrected chi connectivity index (χ4v) is 2.60. The van der Waals surface area contributed by atoms with Crippen LogP contribution in [0.3, 0.4) is 0 Å². The Morgan fingerprint density at radius 2 is 1.75 bits per heavy atom. The molecule has 0 unspecified atom stereocenters. The molecular weight excluding hydrogens is 358 g/mol. The van der Waals surface area contributed by atoms with E-state index in [9.17, 15) is 9.59 Å². The van der Waals surface area contributed by atoms with Gasteiger partial charge in [0.05, 0.1) is 18.9 Å². The molecule has 0 saturated carbocycles. The average Bonchev–Trinajstić information content (AvgIpc) is 2.72. The Bertz CT molecular complexity index is 1030. The predicted molar refractivity (Wildman–Crippen MR) is 107 cm³/mol. The summed E-state index contributed by atoms with van der Waals surface area (Å²) in [6.07, 6.45) is 1.50. The van der Waals surface area contributed by atoms with E-state index in [1.807, 2.05) is 30.3 Å². The Morgan fingerprint density at radius 1 is 1.07 bits per heavy atom. The van der Waals surface area contributed by atoms with Crippen molar-refractivity contribution in [2.45, 2.75) is 0 Å². The van der Waals surface area contributed by atoms with Crippen molar-refractivity contribution >= 4 is 28.8 Å². The van der Waals surface area contributed by atoms with Crippen LogP contribution in [0.1, 0.15) is 15.9 Å². The number of hydrogen-bond acceptors (Lipinski definition) is 5. The molecule has 0 aromatic heterocycles. The lowest BCUT2D eigenvalue weighted by Gasteiger charge is -2.09. The SMILES string of the molecule is COc1cc2ccccc2cc1C(=O)N/N=C\c1ccc(OCC(N)=O)cc1. The van der Waals surface area contributed by atoms with Gasteiger partial charge < -0.3 is 15.2 Å². The number of carbonyl (C=O) groups is 2. The molecule has 0 aliphatic heterocycles. The molecule has 0 radical (unpaired) electrons. The van der Waals surface area contributed by atoms with Gasteiger partial charge in [-0.3, -0.25) is 9.59 Å². The Labute approximate surface area is 161 Å². The number of hydrazone groups is 1. The first-order chi connectivity index (χ1) is 13.6. The van der Waals surface area contributed by atoms with Crippen LogP contribution in [0.15, 0.2) is 65.8 Å². The number of hydrogen-bond donors (Lipinski definition) is 2. The molecule has 0 atom stereocenters. The van der Waals surface area contributed by atoms with Crippen LogP contribution in [0.5, 0.6) is 11.5 Å². The van der Waals surface area contributed by atoms with Gasteiger partial charge in [-0.25, -0.2) is 5.43 Å². The molecule has 0 saturated heterocycles. The van der Waals surface area contributed by atoms with Crippen molar-refractivity contribution in [3.63, 3.8) is 0 Å². The number of ether oxygens (including phenoxy) is 2. The van der Waals surface area contributed by atoms with Gasteiger partial charge in [0.1, 0.15) is 11.5 Å². The quantitative estimate of drug-likeness (QED) is 0.488. The first-order valence-electron chi connectivity index (χ1n) is 8.48. The van der Waals surface area contributed by atoms with Crippen molar-refractivity contribution in [1.29, 1.82) is 0 Å². The van der Waals surface area contributed by atoms with E-state index in [1.54, 1.807) is 30.3 Å². The van der Waals surface area contributed by atoms with Gasteiger partial charge in [0.25, 0.3) is 11.8 Å². The summed E-state index contributed by atoms with van der Waals surface area (Å²) < 4.78 is 10.5. The van der Waals surface area contributed by atoms with Crippen LogP contribution in [-0.2, 0) is 4.79 Å². The lowest BCUT2D eigenvalue weighted by molar-refractivity contribution is -0.119. The fraction of sp³-hybridized carbons (Fsp3) is 0.0952. The van der Waals surface area contributed by atoms with Crippen LogP contribution in [0.4, 0.5) is 0 Å². The molecular formula is C21H19N3O4. The first-order valence-corrected chi connectivity index (χ1v) is 8.48. The van der Waals surface area contributed by atoms with E-state index in [0.717, 1.165) is 16.3 Å². The Morgan fingerprint density at radius 3 is 2.39 bits per heavy atom. The highest BCUT2D eigenvalue weighted by Gasteiger charge is 2.13. The summed E-state index contributed by atoms with van der Waals surface area (Å²) in [7, 11) is 1.52. The number of nitrogens with zero attached hydrogens (tertiary/aromatic N) is 1. The number of rotatable bonds is 7. The third-order valence-electron chi connectivity index (χ3n) is 3.95. The van der Waals surface area contributed by atoms with Crippen LogP contribution in [0, 0.1) is 0 Å². The predicted octanol–water partition coefficient (Wildman–Crippen LogP) is 2.48. The number of nitrogens with two attached hydrogens (primary N) is 1. The first kappa shape index (κ1) is 18.9. The van der Waals surface area contributed by atoms with Crippen molar-refractivity contribution in [2.75, 3.05) is 13.7 Å². The third-order valence-corrected chi connectivity index (χ3v) is 3.95. The summed E-state index contributed by atoms with van der Waals surface area (Å²) in [5, 5.41) is 5.90. The molecule has 3 rings (SSSR count). The van der Waals surface area contributed by atoms with Gasteiger partial charge in [-0.05, 0) is 52.7 Å². The van der Waals surface area contributed by atoms with E-state index in [2.05, 4.69) is 10.5 Å². The van der Waals surface area contributed by atoms with E-state index < -0.39 is 5.91 Å². The number of amides is 2. The zero-order valence-electron chi connectivity index (χ0n) is 15.2. The minimum absolute atomic E-state index is 0.183. The minimum atomic E-state index is -0.544. The molecule has 0 fully saturated rings. The number of primary amides is 1. The number of benzene rings is 3. The lowest BCUT2D eigenvalue weighted by atomic mass is 10.1. The molecule has 0 aliphatic rings. The summed E-state index contributed by atoms with van der Waals surface area (Å²) in [5.74, 6) is 0.0703. The number of carbonyl (C=O) groups excluding carboxylic acids is 2. The number of nitrogens with one attached hydrogen (secondary N) is 1. The van der Waals surface area contributed by atoms with Gasteiger partial charge in [0, 0.05) is 0 Å². The van der Waals surface area contributed by atoms with Gasteiger partial charge in [0.2, 0.25) is 0 Å². The van der Waals surface area contributed by atoms with Crippen molar-refractivity contribution in [3.8, 4) is 11.5 Å². The molecule has 0 aliphatic carbocycles. The van der Waals surface area contributed by atoms with E-state index in [0.29, 0.717) is 17.1 Å². The molecule has 3 aromatic rings. The number of fused-ring (bicyclic) bond motifs is 1. The van der Waals surface area contributed by atoms with Crippen LogP contribution >= 0.6 is 0 Å². The van der Waals surface area contributed by atoms with Crippen LogP contribution < -0.4 is 20.6 Å². The zero-order valence-corrected chi connectivity index (χ0v) is 15.2. The molecule has 7 nitrogen and oxygen atoms in total.